The Hall–Kier alpha value is -1.54. The maximum absolute atomic E-state index is 5.93. The van der Waals surface area contributed by atoms with E-state index < -0.39 is 0 Å². The van der Waals surface area contributed by atoms with Gasteiger partial charge in [-0.15, -0.1) is 0 Å². The number of halogens is 1. The molecule has 1 aromatic carbocycles. The first-order chi connectivity index (χ1) is 8.20. The van der Waals surface area contributed by atoms with Crippen molar-refractivity contribution in [3.05, 3.63) is 47.1 Å². The second-order valence-electron chi connectivity index (χ2n) is 4.03. The standard InChI is InChI=1S/C14H15ClN2/c1-2-3-10-4-6-11(7-5-10)13-8-12(15)9-17-14(13)16/h4-9H,2-3H2,1H3,(H2,16,17). The van der Waals surface area contributed by atoms with Gasteiger partial charge < -0.3 is 5.73 Å². The summed E-state index contributed by atoms with van der Waals surface area (Å²) in [6, 6.07) is 10.2. The molecule has 0 saturated heterocycles. The summed E-state index contributed by atoms with van der Waals surface area (Å²) in [6.45, 7) is 2.17. The van der Waals surface area contributed by atoms with E-state index in [0.29, 0.717) is 10.8 Å². The summed E-state index contributed by atoms with van der Waals surface area (Å²) < 4.78 is 0. The van der Waals surface area contributed by atoms with E-state index in [1.807, 2.05) is 6.07 Å². The van der Waals surface area contributed by atoms with Crippen molar-refractivity contribution < 1.29 is 0 Å². The second kappa shape index (κ2) is 5.19. The third-order valence-corrected chi connectivity index (χ3v) is 2.90. The molecule has 2 rings (SSSR count). The number of rotatable bonds is 3. The molecule has 1 aromatic heterocycles. The van der Waals surface area contributed by atoms with Gasteiger partial charge in [0.05, 0.1) is 5.02 Å². The summed E-state index contributed by atoms with van der Waals surface area (Å²) in [7, 11) is 0. The molecule has 0 bridgehead atoms. The minimum atomic E-state index is 0.512. The van der Waals surface area contributed by atoms with Gasteiger partial charge in [0.15, 0.2) is 0 Å². The topological polar surface area (TPSA) is 38.9 Å². The van der Waals surface area contributed by atoms with Crippen molar-refractivity contribution in [2.75, 3.05) is 5.73 Å². The Morgan fingerprint density at radius 1 is 1.24 bits per heavy atom. The summed E-state index contributed by atoms with van der Waals surface area (Å²) in [5, 5.41) is 0.604. The maximum Gasteiger partial charge on any atom is 0.131 e. The molecule has 0 radical (unpaired) electrons. The number of hydrogen-bond acceptors (Lipinski definition) is 2. The van der Waals surface area contributed by atoms with Gasteiger partial charge in [-0.25, -0.2) is 4.98 Å². The number of nitrogen functional groups attached to an aromatic ring is 1. The fraction of sp³-hybridized carbons (Fsp3) is 0.214. The van der Waals surface area contributed by atoms with Gasteiger partial charge in [0, 0.05) is 11.8 Å². The Morgan fingerprint density at radius 3 is 2.59 bits per heavy atom. The van der Waals surface area contributed by atoms with E-state index in [-0.39, 0.29) is 0 Å². The average Bonchev–Trinajstić information content (AvgIpc) is 2.34. The lowest BCUT2D eigenvalue weighted by Crippen LogP contribution is -1.94. The molecule has 0 aliphatic heterocycles. The number of hydrogen-bond donors (Lipinski definition) is 1. The van der Waals surface area contributed by atoms with E-state index in [1.165, 1.54) is 5.56 Å². The van der Waals surface area contributed by atoms with Gasteiger partial charge in [0.2, 0.25) is 0 Å². The fourth-order valence-electron chi connectivity index (χ4n) is 1.82. The van der Waals surface area contributed by atoms with Crippen LogP contribution in [0.1, 0.15) is 18.9 Å². The van der Waals surface area contributed by atoms with Gasteiger partial charge in [0.25, 0.3) is 0 Å². The first kappa shape index (κ1) is 11.9. The van der Waals surface area contributed by atoms with Crippen LogP contribution in [0.15, 0.2) is 36.5 Å². The molecule has 0 amide bonds. The highest BCUT2D eigenvalue weighted by atomic mass is 35.5. The Morgan fingerprint density at radius 2 is 1.94 bits per heavy atom. The predicted molar refractivity (Wildman–Crippen MR) is 73.1 cm³/mol. The maximum atomic E-state index is 5.93. The third-order valence-electron chi connectivity index (χ3n) is 2.69. The zero-order valence-corrected chi connectivity index (χ0v) is 10.5. The normalized spacial score (nSPS) is 10.5. The van der Waals surface area contributed by atoms with E-state index in [0.717, 1.165) is 24.0 Å². The first-order valence-corrected chi connectivity index (χ1v) is 6.09. The van der Waals surface area contributed by atoms with Crippen LogP contribution in [0.3, 0.4) is 0 Å². The number of anilines is 1. The van der Waals surface area contributed by atoms with Crippen molar-refractivity contribution in [2.24, 2.45) is 0 Å². The average molecular weight is 247 g/mol. The van der Waals surface area contributed by atoms with E-state index in [2.05, 4.69) is 36.2 Å². The quantitative estimate of drug-likeness (QED) is 0.891. The van der Waals surface area contributed by atoms with E-state index in [9.17, 15) is 0 Å². The summed E-state index contributed by atoms with van der Waals surface area (Å²) in [5.74, 6) is 0.512. The lowest BCUT2D eigenvalue weighted by Gasteiger charge is -2.06. The van der Waals surface area contributed by atoms with Crippen LogP contribution in [0.25, 0.3) is 11.1 Å². The van der Waals surface area contributed by atoms with Crippen LogP contribution in [0.2, 0.25) is 5.02 Å². The largest absolute Gasteiger partial charge is 0.383 e. The predicted octanol–water partition coefficient (Wildman–Crippen LogP) is 3.94. The molecule has 0 spiro atoms. The zero-order chi connectivity index (χ0) is 12.3. The minimum absolute atomic E-state index is 0.512. The third kappa shape index (κ3) is 2.77. The fourth-order valence-corrected chi connectivity index (χ4v) is 1.98. The number of aryl methyl sites for hydroxylation is 1. The van der Waals surface area contributed by atoms with Crippen molar-refractivity contribution >= 4 is 17.4 Å². The molecule has 0 aliphatic rings. The van der Waals surface area contributed by atoms with Gasteiger partial charge in [0.1, 0.15) is 5.82 Å². The number of nitrogens with two attached hydrogens (primary N) is 1. The van der Waals surface area contributed by atoms with Crippen molar-refractivity contribution in [3.8, 4) is 11.1 Å². The van der Waals surface area contributed by atoms with Crippen LogP contribution in [-0.2, 0) is 6.42 Å². The zero-order valence-electron chi connectivity index (χ0n) is 9.78. The Bertz CT molecular complexity index is 506. The molecule has 17 heavy (non-hydrogen) atoms. The van der Waals surface area contributed by atoms with Gasteiger partial charge in [-0.1, -0.05) is 49.2 Å². The van der Waals surface area contributed by atoms with Gasteiger partial charge >= 0.3 is 0 Å². The van der Waals surface area contributed by atoms with Crippen LogP contribution in [-0.4, -0.2) is 4.98 Å². The van der Waals surface area contributed by atoms with E-state index in [1.54, 1.807) is 6.20 Å². The van der Waals surface area contributed by atoms with Gasteiger partial charge in [-0.3, -0.25) is 0 Å². The van der Waals surface area contributed by atoms with Crippen LogP contribution >= 0.6 is 11.6 Å². The van der Waals surface area contributed by atoms with Crippen molar-refractivity contribution in [1.82, 2.24) is 4.98 Å². The van der Waals surface area contributed by atoms with Crippen LogP contribution in [0.5, 0.6) is 0 Å². The lowest BCUT2D eigenvalue weighted by molar-refractivity contribution is 0.922. The molecule has 0 atom stereocenters. The van der Waals surface area contributed by atoms with Crippen molar-refractivity contribution in [1.29, 1.82) is 0 Å². The summed E-state index contributed by atoms with van der Waals surface area (Å²) in [5.41, 5.74) is 9.13. The van der Waals surface area contributed by atoms with E-state index >= 15 is 0 Å². The molecule has 2 aromatic rings. The Kier molecular flexibility index (Phi) is 3.64. The van der Waals surface area contributed by atoms with Gasteiger partial charge in [-0.05, 0) is 23.6 Å². The number of pyridine rings is 1. The molecule has 0 fully saturated rings. The highest BCUT2D eigenvalue weighted by Gasteiger charge is 2.04. The molecule has 1 heterocycles. The summed E-state index contributed by atoms with van der Waals surface area (Å²) in [4.78, 5) is 4.06. The summed E-state index contributed by atoms with van der Waals surface area (Å²) in [6.07, 6.45) is 3.82. The number of nitrogens with zero attached hydrogens (tertiary/aromatic N) is 1. The van der Waals surface area contributed by atoms with Crippen LogP contribution in [0, 0.1) is 0 Å². The Labute approximate surface area is 106 Å². The van der Waals surface area contributed by atoms with Gasteiger partial charge in [-0.2, -0.15) is 0 Å². The molecule has 2 nitrogen and oxygen atoms in total. The van der Waals surface area contributed by atoms with Crippen LogP contribution in [0.4, 0.5) is 5.82 Å². The molecule has 0 saturated carbocycles. The highest BCUT2D eigenvalue weighted by molar-refractivity contribution is 6.30. The number of aromatic nitrogens is 1. The lowest BCUT2D eigenvalue weighted by atomic mass is 10.0. The van der Waals surface area contributed by atoms with Crippen molar-refractivity contribution in [2.45, 2.75) is 19.8 Å². The molecular formula is C14H15ClN2. The van der Waals surface area contributed by atoms with Crippen LogP contribution < -0.4 is 5.73 Å². The SMILES string of the molecule is CCCc1ccc(-c2cc(Cl)cnc2N)cc1. The monoisotopic (exact) mass is 246 g/mol. The molecule has 88 valence electrons. The molecule has 3 heteroatoms. The summed E-state index contributed by atoms with van der Waals surface area (Å²) >= 11 is 5.93. The Balaban J connectivity index is 2.36. The second-order valence-corrected chi connectivity index (χ2v) is 4.47. The molecular weight excluding hydrogens is 232 g/mol. The smallest absolute Gasteiger partial charge is 0.131 e. The molecule has 0 unspecified atom stereocenters. The minimum Gasteiger partial charge on any atom is -0.383 e. The van der Waals surface area contributed by atoms with E-state index in [4.69, 9.17) is 17.3 Å². The molecule has 0 aliphatic carbocycles. The number of benzene rings is 1. The highest BCUT2D eigenvalue weighted by Crippen LogP contribution is 2.27. The molecule has 2 N–H and O–H groups in total. The first-order valence-electron chi connectivity index (χ1n) is 5.71. The van der Waals surface area contributed by atoms with Crippen molar-refractivity contribution in [3.63, 3.8) is 0 Å².